The molecule has 0 rings (SSSR count). The van der Waals surface area contributed by atoms with E-state index in [1.807, 2.05) is 0 Å². The molecule has 54 valence electrons. The number of ketones is 1. The van der Waals surface area contributed by atoms with Gasteiger partial charge in [-0.05, 0) is 6.92 Å². The summed E-state index contributed by atoms with van der Waals surface area (Å²) in [7, 11) is 0. The van der Waals surface area contributed by atoms with Crippen LogP contribution in [0.25, 0.3) is 0 Å². The summed E-state index contributed by atoms with van der Waals surface area (Å²) in [5, 5.41) is 6.68. The Balaban J connectivity index is 0. The van der Waals surface area contributed by atoms with Gasteiger partial charge in [0, 0.05) is 0 Å². The van der Waals surface area contributed by atoms with Gasteiger partial charge in [-0.2, -0.15) is 0 Å². The van der Waals surface area contributed by atoms with Crippen LogP contribution < -0.4 is 5.73 Å². The highest BCUT2D eigenvalue weighted by atomic mass is 35.5. The normalized spacial score (nSPS) is 7.67. The molecule has 3 N–H and O–H groups in total. The molecule has 0 amide bonds. The van der Waals surface area contributed by atoms with E-state index >= 15 is 0 Å². The molecule has 0 aromatic rings. The van der Waals surface area contributed by atoms with Gasteiger partial charge in [0.05, 0.1) is 5.75 Å². The van der Waals surface area contributed by atoms with Gasteiger partial charge in [-0.15, -0.1) is 12.4 Å². The van der Waals surface area contributed by atoms with E-state index in [4.69, 9.17) is 11.1 Å². The lowest BCUT2D eigenvalue weighted by Crippen LogP contribution is -2.07. The molecule has 0 aromatic heterocycles. The lowest BCUT2D eigenvalue weighted by atomic mass is 10.5. The molecule has 0 atom stereocenters. The Morgan fingerprint density at radius 3 is 2.33 bits per heavy atom. The minimum atomic E-state index is 0. The SMILES string of the molecule is CC(=O)CSC(=N)N.Cl. The van der Waals surface area contributed by atoms with Crippen LogP contribution in [0.2, 0.25) is 0 Å². The Morgan fingerprint density at radius 2 is 2.22 bits per heavy atom. The Bertz CT molecular complexity index is 103. The quantitative estimate of drug-likeness (QED) is 0.470. The summed E-state index contributed by atoms with van der Waals surface area (Å²) < 4.78 is 0. The first-order chi connectivity index (χ1) is 3.63. The monoisotopic (exact) mass is 168 g/mol. The lowest BCUT2D eigenvalue weighted by molar-refractivity contribution is -0.114. The summed E-state index contributed by atoms with van der Waals surface area (Å²) >= 11 is 1.05. The first kappa shape index (κ1) is 11.6. The summed E-state index contributed by atoms with van der Waals surface area (Å²) in [6.45, 7) is 1.47. The van der Waals surface area contributed by atoms with Gasteiger partial charge < -0.3 is 5.73 Å². The van der Waals surface area contributed by atoms with Crippen molar-refractivity contribution in [1.29, 1.82) is 5.41 Å². The number of nitrogens with one attached hydrogen (secondary N) is 1. The minimum Gasteiger partial charge on any atom is -0.379 e. The van der Waals surface area contributed by atoms with Crippen LogP contribution in [0.15, 0.2) is 0 Å². The smallest absolute Gasteiger partial charge is 0.151 e. The van der Waals surface area contributed by atoms with E-state index in [-0.39, 0.29) is 23.4 Å². The van der Waals surface area contributed by atoms with Gasteiger partial charge in [0.15, 0.2) is 5.17 Å². The molecule has 0 aliphatic carbocycles. The highest BCUT2D eigenvalue weighted by Crippen LogP contribution is 1.95. The molecule has 0 heterocycles. The van der Waals surface area contributed by atoms with E-state index in [2.05, 4.69) is 0 Å². The number of carbonyl (C=O) groups excluding carboxylic acids is 1. The van der Waals surface area contributed by atoms with Crippen LogP contribution in [0.1, 0.15) is 6.92 Å². The van der Waals surface area contributed by atoms with E-state index in [9.17, 15) is 4.79 Å². The fourth-order valence-corrected chi connectivity index (χ4v) is 0.538. The molecule has 9 heavy (non-hydrogen) atoms. The van der Waals surface area contributed by atoms with Gasteiger partial charge >= 0.3 is 0 Å². The molecule has 0 spiro atoms. The number of hydrogen-bond acceptors (Lipinski definition) is 3. The van der Waals surface area contributed by atoms with Crippen LogP contribution in [0.4, 0.5) is 0 Å². The van der Waals surface area contributed by atoms with Crippen molar-refractivity contribution in [1.82, 2.24) is 0 Å². The molecule has 0 aliphatic heterocycles. The number of nitrogens with two attached hydrogens (primary N) is 1. The van der Waals surface area contributed by atoms with Crippen molar-refractivity contribution in [3.05, 3.63) is 0 Å². The van der Waals surface area contributed by atoms with Crippen LogP contribution in [0, 0.1) is 5.41 Å². The van der Waals surface area contributed by atoms with Crippen molar-refractivity contribution in [2.75, 3.05) is 5.75 Å². The summed E-state index contributed by atoms with van der Waals surface area (Å²) in [5.74, 6) is 0.361. The van der Waals surface area contributed by atoms with E-state index < -0.39 is 0 Å². The molecule has 0 aromatic carbocycles. The van der Waals surface area contributed by atoms with Gasteiger partial charge in [-0.3, -0.25) is 10.2 Å². The maximum atomic E-state index is 10.2. The van der Waals surface area contributed by atoms with E-state index in [1.165, 1.54) is 6.92 Å². The number of carbonyl (C=O) groups is 1. The van der Waals surface area contributed by atoms with E-state index in [0.717, 1.165) is 11.8 Å². The minimum absolute atomic E-state index is 0. The number of amidine groups is 1. The second kappa shape index (κ2) is 5.91. The van der Waals surface area contributed by atoms with Crippen LogP contribution in [0.5, 0.6) is 0 Å². The third-order valence-corrected chi connectivity index (χ3v) is 1.29. The van der Waals surface area contributed by atoms with Crippen molar-refractivity contribution in [3.8, 4) is 0 Å². The molecular formula is C4H9ClN2OS. The summed E-state index contributed by atoms with van der Waals surface area (Å²) in [6, 6.07) is 0. The molecule has 0 radical (unpaired) electrons. The number of rotatable bonds is 2. The molecule has 0 bridgehead atoms. The highest BCUT2D eigenvalue weighted by Gasteiger charge is 1.93. The molecular weight excluding hydrogens is 160 g/mol. The summed E-state index contributed by atoms with van der Waals surface area (Å²) in [6.07, 6.45) is 0. The Hall–Kier alpha value is -0.220. The Kier molecular flexibility index (Phi) is 7.59. The molecule has 3 nitrogen and oxygen atoms in total. The van der Waals surface area contributed by atoms with Crippen LogP contribution in [-0.2, 0) is 4.79 Å². The highest BCUT2D eigenvalue weighted by molar-refractivity contribution is 8.14. The van der Waals surface area contributed by atoms with Gasteiger partial charge in [0.2, 0.25) is 0 Å². The van der Waals surface area contributed by atoms with Crippen molar-refractivity contribution < 1.29 is 4.79 Å². The lowest BCUT2D eigenvalue weighted by Gasteiger charge is -1.90. The van der Waals surface area contributed by atoms with Crippen LogP contribution in [0.3, 0.4) is 0 Å². The van der Waals surface area contributed by atoms with E-state index in [0.29, 0.717) is 5.75 Å². The second-order valence-corrected chi connectivity index (χ2v) is 2.37. The molecule has 5 heteroatoms. The number of hydrogen-bond donors (Lipinski definition) is 2. The third-order valence-electron chi connectivity index (χ3n) is 0.431. The predicted molar refractivity (Wildman–Crippen MR) is 42.3 cm³/mol. The Labute approximate surface area is 64.3 Å². The average Bonchev–Trinajstić information content (AvgIpc) is 1.61. The first-order valence-corrected chi connectivity index (χ1v) is 3.07. The van der Waals surface area contributed by atoms with Gasteiger partial charge in [-0.1, -0.05) is 11.8 Å². The fourth-order valence-electron chi connectivity index (χ4n) is 0.179. The summed E-state index contributed by atoms with van der Waals surface area (Å²) in [4.78, 5) is 10.2. The van der Waals surface area contributed by atoms with Crippen molar-refractivity contribution in [2.45, 2.75) is 6.92 Å². The fraction of sp³-hybridized carbons (Fsp3) is 0.500. The van der Waals surface area contributed by atoms with E-state index in [1.54, 1.807) is 0 Å². The first-order valence-electron chi connectivity index (χ1n) is 2.09. The zero-order valence-corrected chi connectivity index (χ0v) is 6.64. The van der Waals surface area contributed by atoms with Crippen LogP contribution in [-0.4, -0.2) is 16.7 Å². The average molecular weight is 169 g/mol. The third kappa shape index (κ3) is 11.4. The van der Waals surface area contributed by atoms with Crippen molar-refractivity contribution in [2.24, 2.45) is 5.73 Å². The van der Waals surface area contributed by atoms with Crippen molar-refractivity contribution >= 4 is 35.1 Å². The molecule has 0 saturated carbocycles. The summed E-state index contributed by atoms with van der Waals surface area (Å²) in [5.41, 5.74) is 4.93. The van der Waals surface area contributed by atoms with Crippen molar-refractivity contribution in [3.63, 3.8) is 0 Å². The molecule has 0 fully saturated rings. The maximum absolute atomic E-state index is 10.2. The van der Waals surface area contributed by atoms with Crippen LogP contribution >= 0.6 is 24.2 Å². The second-order valence-electron chi connectivity index (χ2n) is 1.35. The Morgan fingerprint density at radius 1 is 1.78 bits per heavy atom. The zero-order valence-electron chi connectivity index (χ0n) is 5.01. The number of halogens is 1. The maximum Gasteiger partial charge on any atom is 0.151 e. The zero-order chi connectivity index (χ0) is 6.57. The van der Waals surface area contributed by atoms with Gasteiger partial charge in [0.25, 0.3) is 0 Å². The standard InChI is InChI=1S/C4H8N2OS.ClH/c1-3(7)2-8-4(5)6;/h2H2,1H3,(H3,5,6);1H. The predicted octanol–water partition coefficient (Wildman–Crippen LogP) is 0.624. The number of thioether (sulfide) groups is 1. The molecule has 0 aliphatic rings. The topological polar surface area (TPSA) is 66.9 Å². The number of Topliss-reactive ketones (excluding diaryl/α,β-unsaturated/α-hetero) is 1. The molecule has 0 saturated heterocycles. The van der Waals surface area contributed by atoms with Gasteiger partial charge in [0.1, 0.15) is 5.78 Å². The largest absolute Gasteiger partial charge is 0.379 e. The molecule has 0 unspecified atom stereocenters. The van der Waals surface area contributed by atoms with Gasteiger partial charge in [-0.25, -0.2) is 0 Å².